The molecule has 0 aliphatic heterocycles. The van der Waals surface area contributed by atoms with Crippen molar-refractivity contribution in [2.45, 2.75) is 46.6 Å². The maximum Gasteiger partial charge on any atom is 0.254 e. The normalized spacial score (nSPS) is 14.5. The lowest BCUT2D eigenvalue weighted by atomic mass is 10.0. The summed E-state index contributed by atoms with van der Waals surface area (Å²) in [5.74, 6) is 0.600. The Morgan fingerprint density at radius 2 is 2.25 bits per heavy atom. The van der Waals surface area contributed by atoms with Crippen LogP contribution in [0.4, 0.5) is 0 Å². The molecule has 0 saturated carbocycles. The van der Waals surface area contributed by atoms with Crippen LogP contribution in [0.5, 0.6) is 0 Å². The van der Waals surface area contributed by atoms with Gasteiger partial charge >= 0.3 is 0 Å². The molecule has 2 unspecified atom stereocenters. The number of aromatic nitrogens is 2. The van der Waals surface area contributed by atoms with Gasteiger partial charge in [0.2, 0.25) is 0 Å². The van der Waals surface area contributed by atoms with Crippen molar-refractivity contribution in [1.29, 1.82) is 0 Å². The third kappa shape index (κ3) is 3.36. The second-order valence-corrected chi connectivity index (χ2v) is 4.53. The van der Waals surface area contributed by atoms with Crippen LogP contribution in [0.2, 0.25) is 0 Å². The van der Waals surface area contributed by atoms with Crippen molar-refractivity contribution >= 4 is 5.91 Å². The van der Waals surface area contributed by atoms with Gasteiger partial charge in [0.15, 0.2) is 0 Å². The Morgan fingerprint density at radius 1 is 1.56 bits per heavy atom. The van der Waals surface area contributed by atoms with Gasteiger partial charge in [-0.05, 0) is 26.2 Å². The molecular weight excluding hydrogens is 202 g/mol. The molecule has 0 aliphatic carbocycles. The van der Waals surface area contributed by atoms with Crippen molar-refractivity contribution in [3.8, 4) is 0 Å². The summed E-state index contributed by atoms with van der Waals surface area (Å²) in [5.41, 5.74) is 1.45. The molecule has 1 amide bonds. The second-order valence-electron chi connectivity index (χ2n) is 4.53. The van der Waals surface area contributed by atoms with Crippen LogP contribution in [0.25, 0.3) is 0 Å². The third-order valence-electron chi connectivity index (χ3n) is 2.90. The minimum atomic E-state index is -0.0398. The highest BCUT2D eigenvalue weighted by Gasteiger charge is 2.14. The first-order valence-corrected chi connectivity index (χ1v) is 5.85. The molecule has 0 spiro atoms. The summed E-state index contributed by atoms with van der Waals surface area (Å²) in [6.45, 7) is 8.26. The van der Waals surface area contributed by atoms with Gasteiger partial charge in [0.25, 0.3) is 5.91 Å². The van der Waals surface area contributed by atoms with Crippen LogP contribution >= 0.6 is 0 Å². The number of aromatic amines is 1. The smallest absolute Gasteiger partial charge is 0.254 e. The Hall–Kier alpha value is -1.32. The van der Waals surface area contributed by atoms with Crippen LogP contribution in [0.15, 0.2) is 6.20 Å². The van der Waals surface area contributed by atoms with Crippen LogP contribution in [0, 0.1) is 12.8 Å². The molecule has 0 aliphatic rings. The molecule has 0 bridgehead atoms. The van der Waals surface area contributed by atoms with E-state index in [0.717, 1.165) is 18.5 Å². The molecule has 0 radical (unpaired) electrons. The average Bonchev–Trinajstić information content (AvgIpc) is 2.63. The molecule has 2 N–H and O–H groups in total. The van der Waals surface area contributed by atoms with Gasteiger partial charge in [0.1, 0.15) is 0 Å². The summed E-state index contributed by atoms with van der Waals surface area (Å²) in [4.78, 5) is 11.8. The van der Waals surface area contributed by atoms with E-state index in [2.05, 4.69) is 29.4 Å². The zero-order valence-corrected chi connectivity index (χ0v) is 10.5. The lowest BCUT2D eigenvalue weighted by Gasteiger charge is -2.17. The van der Waals surface area contributed by atoms with Crippen molar-refractivity contribution in [2.75, 3.05) is 0 Å². The second kappa shape index (κ2) is 5.68. The van der Waals surface area contributed by atoms with Crippen LogP contribution in [-0.2, 0) is 0 Å². The van der Waals surface area contributed by atoms with Gasteiger partial charge in [0.05, 0.1) is 11.8 Å². The summed E-state index contributed by atoms with van der Waals surface area (Å²) in [7, 11) is 0. The van der Waals surface area contributed by atoms with E-state index in [1.807, 2.05) is 13.8 Å². The molecule has 4 nitrogen and oxygen atoms in total. The largest absolute Gasteiger partial charge is 0.349 e. The number of nitrogens with zero attached hydrogens (tertiary/aromatic N) is 1. The number of hydrogen-bond donors (Lipinski definition) is 2. The van der Waals surface area contributed by atoms with E-state index in [0.29, 0.717) is 11.5 Å². The van der Waals surface area contributed by atoms with Crippen molar-refractivity contribution < 1.29 is 4.79 Å². The monoisotopic (exact) mass is 223 g/mol. The molecule has 90 valence electrons. The maximum absolute atomic E-state index is 11.8. The van der Waals surface area contributed by atoms with E-state index in [9.17, 15) is 4.79 Å². The molecular formula is C12H21N3O. The van der Waals surface area contributed by atoms with E-state index in [1.165, 1.54) is 0 Å². The molecule has 1 aromatic heterocycles. The van der Waals surface area contributed by atoms with E-state index in [4.69, 9.17) is 0 Å². The van der Waals surface area contributed by atoms with Gasteiger partial charge in [0, 0.05) is 11.7 Å². The number of rotatable bonds is 5. The first-order valence-electron chi connectivity index (χ1n) is 5.85. The predicted octanol–water partition coefficient (Wildman–Crippen LogP) is 2.27. The Kier molecular flexibility index (Phi) is 4.52. The fraction of sp³-hybridized carbons (Fsp3) is 0.667. The fourth-order valence-electron chi connectivity index (χ4n) is 1.71. The molecule has 0 aromatic carbocycles. The summed E-state index contributed by atoms with van der Waals surface area (Å²) >= 11 is 0. The Bertz CT molecular complexity index is 346. The van der Waals surface area contributed by atoms with E-state index in [1.54, 1.807) is 6.20 Å². The Balaban J connectivity index is 2.49. The van der Waals surface area contributed by atoms with Gasteiger partial charge in [-0.3, -0.25) is 9.89 Å². The number of carbonyl (C=O) groups excluding carboxylic acids is 1. The van der Waals surface area contributed by atoms with Gasteiger partial charge in [-0.1, -0.05) is 20.3 Å². The van der Waals surface area contributed by atoms with Crippen molar-refractivity contribution in [1.82, 2.24) is 15.5 Å². The Labute approximate surface area is 96.8 Å². The van der Waals surface area contributed by atoms with Crippen molar-refractivity contribution in [3.63, 3.8) is 0 Å². The van der Waals surface area contributed by atoms with Gasteiger partial charge in [-0.25, -0.2) is 0 Å². The molecule has 1 aromatic rings. The lowest BCUT2D eigenvalue weighted by Crippen LogP contribution is -2.33. The van der Waals surface area contributed by atoms with E-state index < -0.39 is 0 Å². The SMILES string of the molecule is CCC(C)CC(C)NC(=O)c1cn[nH]c1C. The van der Waals surface area contributed by atoms with Crippen LogP contribution in [-0.4, -0.2) is 22.1 Å². The lowest BCUT2D eigenvalue weighted by molar-refractivity contribution is 0.0935. The predicted molar refractivity (Wildman–Crippen MR) is 64.3 cm³/mol. The van der Waals surface area contributed by atoms with Crippen LogP contribution in [0.1, 0.15) is 49.7 Å². The highest BCUT2D eigenvalue weighted by molar-refractivity contribution is 5.95. The molecule has 1 rings (SSSR count). The van der Waals surface area contributed by atoms with Crippen molar-refractivity contribution in [2.24, 2.45) is 5.92 Å². The molecule has 16 heavy (non-hydrogen) atoms. The first kappa shape index (κ1) is 12.7. The van der Waals surface area contributed by atoms with Gasteiger partial charge < -0.3 is 5.32 Å². The number of hydrogen-bond acceptors (Lipinski definition) is 2. The van der Waals surface area contributed by atoms with E-state index in [-0.39, 0.29) is 11.9 Å². The zero-order chi connectivity index (χ0) is 12.1. The fourth-order valence-corrected chi connectivity index (χ4v) is 1.71. The van der Waals surface area contributed by atoms with Crippen LogP contribution < -0.4 is 5.32 Å². The van der Waals surface area contributed by atoms with Gasteiger partial charge in [-0.2, -0.15) is 5.10 Å². The highest BCUT2D eigenvalue weighted by atomic mass is 16.1. The van der Waals surface area contributed by atoms with Crippen molar-refractivity contribution in [3.05, 3.63) is 17.5 Å². The average molecular weight is 223 g/mol. The standard InChI is InChI=1S/C12H21N3O/c1-5-8(2)6-9(3)14-12(16)11-7-13-15-10(11)4/h7-9H,5-6H2,1-4H3,(H,13,15)(H,14,16). The molecule has 0 fully saturated rings. The van der Waals surface area contributed by atoms with E-state index >= 15 is 0 Å². The minimum Gasteiger partial charge on any atom is -0.349 e. The number of amides is 1. The summed E-state index contributed by atoms with van der Waals surface area (Å²) in [6.07, 6.45) is 3.73. The molecule has 2 atom stereocenters. The molecule has 0 saturated heterocycles. The number of H-pyrrole nitrogens is 1. The number of nitrogens with one attached hydrogen (secondary N) is 2. The van der Waals surface area contributed by atoms with Gasteiger partial charge in [-0.15, -0.1) is 0 Å². The number of carbonyl (C=O) groups is 1. The summed E-state index contributed by atoms with van der Waals surface area (Å²) < 4.78 is 0. The Morgan fingerprint density at radius 3 is 2.75 bits per heavy atom. The summed E-state index contributed by atoms with van der Waals surface area (Å²) in [5, 5.41) is 9.59. The summed E-state index contributed by atoms with van der Waals surface area (Å²) in [6, 6.07) is 0.205. The zero-order valence-electron chi connectivity index (χ0n) is 10.5. The van der Waals surface area contributed by atoms with Crippen LogP contribution in [0.3, 0.4) is 0 Å². The molecule has 1 heterocycles. The third-order valence-corrected chi connectivity index (χ3v) is 2.90. The highest BCUT2D eigenvalue weighted by Crippen LogP contribution is 2.10. The first-order chi connectivity index (χ1) is 7.54. The topological polar surface area (TPSA) is 57.8 Å². The minimum absolute atomic E-state index is 0.0398. The quantitative estimate of drug-likeness (QED) is 0.804. The molecule has 4 heteroatoms. The number of aryl methyl sites for hydroxylation is 1. The maximum atomic E-state index is 11.8.